The lowest BCUT2D eigenvalue weighted by molar-refractivity contribution is 0.0521. The molecular weight excluding hydrogens is 311 g/mol. The Labute approximate surface area is 139 Å². The minimum atomic E-state index is -0.518. The highest BCUT2D eigenvalue weighted by molar-refractivity contribution is 6.04. The van der Waals surface area contributed by atoms with E-state index in [4.69, 9.17) is 4.74 Å². The number of aromatic amines is 1. The second-order valence-corrected chi connectivity index (χ2v) is 6.11. The zero-order valence-corrected chi connectivity index (χ0v) is 13.9. The number of H-pyrrole nitrogens is 1. The Balaban J connectivity index is 1.98. The van der Waals surface area contributed by atoms with E-state index in [0.29, 0.717) is 22.5 Å². The number of nitrogens with one attached hydrogen (secondary N) is 1. The molecule has 2 heterocycles. The average molecular weight is 332 g/mol. The number of aromatic nitrogens is 1. The van der Waals surface area contributed by atoms with Crippen LogP contribution in [0, 0.1) is 11.7 Å². The number of carbonyl (C=O) groups excluding carboxylic acids is 1. The monoisotopic (exact) mass is 332 g/mol. The molecule has 0 unspecified atom stereocenters. The van der Waals surface area contributed by atoms with E-state index < -0.39 is 5.97 Å². The highest BCUT2D eigenvalue weighted by Gasteiger charge is 2.20. The van der Waals surface area contributed by atoms with Gasteiger partial charge in [-0.2, -0.15) is 0 Å². The fourth-order valence-electron chi connectivity index (χ4n) is 2.96. The van der Waals surface area contributed by atoms with Gasteiger partial charge >= 0.3 is 5.97 Å². The Morgan fingerprint density at radius 1 is 1.50 bits per heavy atom. The Hall–Kier alpha value is -2.44. The molecule has 1 saturated heterocycles. The van der Waals surface area contributed by atoms with Crippen molar-refractivity contribution in [3.63, 3.8) is 0 Å². The summed E-state index contributed by atoms with van der Waals surface area (Å²) < 4.78 is 18.7. The van der Waals surface area contributed by atoms with Crippen LogP contribution in [0.5, 0.6) is 0 Å². The van der Waals surface area contributed by atoms with E-state index in [1.165, 1.54) is 18.6 Å². The summed E-state index contributed by atoms with van der Waals surface area (Å²) in [5, 5.41) is 10.9. The maximum Gasteiger partial charge on any atom is 0.357 e. The first kappa shape index (κ1) is 16.4. The van der Waals surface area contributed by atoms with Gasteiger partial charge in [0.2, 0.25) is 0 Å². The highest BCUT2D eigenvalue weighted by atomic mass is 19.1. The van der Waals surface area contributed by atoms with E-state index in [9.17, 15) is 9.18 Å². The van der Waals surface area contributed by atoms with Crippen molar-refractivity contribution in [2.45, 2.75) is 26.7 Å². The second kappa shape index (κ2) is 6.98. The van der Waals surface area contributed by atoms with E-state index in [2.05, 4.69) is 22.2 Å². The van der Waals surface area contributed by atoms with Crippen molar-refractivity contribution in [1.82, 2.24) is 9.99 Å². The summed E-state index contributed by atoms with van der Waals surface area (Å²) in [4.78, 5) is 15.1. The standard InChI is InChI=1S/C17H21FN4O2/c1-3-24-17(23)16-15(13-9-12(18)6-7-14(13)19-16)20-21-22-8-4-5-11(2)10-22/h6-7,9,11,19H,3-5,8,10H2,1-2H3/t11-/m1/s1. The first-order valence-corrected chi connectivity index (χ1v) is 8.23. The molecule has 2 aromatic rings. The molecule has 0 spiro atoms. The maximum absolute atomic E-state index is 13.6. The number of fused-ring (bicyclic) bond motifs is 1. The number of benzene rings is 1. The second-order valence-electron chi connectivity index (χ2n) is 6.11. The number of ether oxygens (including phenoxy) is 1. The smallest absolute Gasteiger partial charge is 0.357 e. The first-order chi connectivity index (χ1) is 11.6. The molecule has 1 aromatic heterocycles. The number of carbonyl (C=O) groups is 1. The zero-order valence-electron chi connectivity index (χ0n) is 13.9. The molecule has 0 amide bonds. The number of esters is 1. The van der Waals surface area contributed by atoms with Gasteiger partial charge in [-0.15, -0.1) is 5.11 Å². The van der Waals surface area contributed by atoms with Crippen molar-refractivity contribution >= 4 is 22.6 Å². The summed E-state index contributed by atoms with van der Waals surface area (Å²) in [6.07, 6.45) is 2.24. The third-order valence-corrected chi connectivity index (χ3v) is 4.12. The first-order valence-electron chi connectivity index (χ1n) is 8.23. The third kappa shape index (κ3) is 3.39. The van der Waals surface area contributed by atoms with Gasteiger partial charge in [0.05, 0.1) is 6.61 Å². The van der Waals surface area contributed by atoms with Gasteiger partial charge in [0.1, 0.15) is 11.5 Å². The minimum absolute atomic E-state index is 0.200. The molecule has 6 nitrogen and oxygen atoms in total. The molecule has 0 aliphatic carbocycles. The molecule has 7 heteroatoms. The SMILES string of the molecule is CCOC(=O)c1[nH]c2ccc(F)cc2c1N=NN1CCC[C@@H](C)C1. The molecule has 1 aromatic carbocycles. The summed E-state index contributed by atoms with van der Waals surface area (Å²) in [7, 11) is 0. The maximum atomic E-state index is 13.6. The van der Waals surface area contributed by atoms with Crippen LogP contribution >= 0.6 is 0 Å². The van der Waals surface area contributed by atoms with Crippen molar-refractivity contribution in [2.24, 2.45) is 16.3 Å². The molecule has 1 aliphatic heterocycles. The van der Waals surface area contributed by atoms with Crippen molar-refractivity contribution < 1.29 is 13.9 Å². The topological polar surface area (TPSA) is 70.0 Å². The normalized spacial score (nSPS) is 18.5. The highest BCUT2D eigenvalue weighted by Crippen LogP contribution is 2.32. The largest absolute Gasteiger partial charge is 0.461 e. The third-order valence-electron chi connectivity index (χ3n) is 4.12. The van der Waals surface area contributed by atoms with Gasteiger partial charge in [-0.05, 0) is 43.9 Å². The van der Waals surface area contributed by atoms with Crippen LogP contribution in [0.25, 0.3) is 10.9 Å². The molecule has 1 aliphatic rings. The van der Waals surface area contributed by atoms with Crippen LogP contribution in [0.1, 0.15) is 37.2 Å². The summed E-state index contributed by atoms with van der Waals surface area (Å²) in [6, 6.07) is 4.26. The molecule has 0 saturated carbocycles. The summed E-state index contributed by atoms with van der Waals surface area (Å²) in [5.74, 6) is -0.349. The van der Waals surface area contributed by atoms with Crippen molar-refractivity contribution in [3.8, 4) is 0 Å². The lowest BCUT2D eigenvalue weighted by Crippen LogP contribution is -2.29. The van der Waals surface area contributed by atoms with Gasteiger partial charge < -0.3 is 9.72 Å². The quantitative estimate of drug-likeness (QED) is 0.673. The van der Waals surface area contributed by atoms with Crippen LogP contribution in [0.4, 0.5) is 10.1 Å². The van der Waals surface area contributed by atoms with E-state index in [0.717, 1.165) is 19.5 Å². The number of hydrogen-bond donors (Lipinski definition) is 1. The van der Waals surface area contributed by atoms with Crippen molar-refractivity contribution in [3.05, 3.63) is 29.7 Å². The lowest BCUT2D eigenvalue weighted by atomic mass is 10.0. The predicted octanol–water partition coefficient (Wildman–Crippen LogP) is 4.21. The summed E-state index contributed by atoms with van der Waals surface area (Å²) >= 11 is 0. The van der Waals surface area contributed by atoms with Crippen LogP contribution in [0.3, 0.4) is 0 Å². The predicted molar refractivity (Wildman–Crippen MR) is 88.7 cm³/mol. The van der Waals surface area contributed by atoms with Crippen LogP contribution in [-0.2, 0) is 4.74 Å². The molecule has 1 atom stereocenters. The molecular formula is C17H21FN4O2. The molecule has 0 bridgehead atoms. The van der Waals surface area contributed by atoms with Crippen LogP contribution in [0.15, 0.2) is 28.5 Å². The average Bonchev–Trinajstić information content (AvgIpc) is 2.91. The van der Waals surface area contributed by atoms with E-state index in [1.54, 1.807) is 13.0 Å². The number of nitrogens with zero attached hydrogens (tertiary/aromatic N) is 3. The Bertz CT molecular complexity index is 771. The van der Waals surface area contributed by atoms with Crippen molar-refractivity contribution in [1.29, 1.82) is 0 Å². The number of hydrogen-bond acceptors (Lipinski definition) is 4. The van der Waals surface area contributed by atoms with Gasteiger partial charge in [0.25, 0.3) is 0 Å². The molecule has 3 rings (SSSR count). The van der Waals surface area contributed by atoms with Crippen LogP contribution in [0.2, 0.25) is 0 Å². The van der Waals surface area contributed by atoms with E-state index in [1.807, 2.05) is 5.01 Å². The molecule has 1 N–H and O–H groups in total. The zero-order chi connectivity index (χ0) is 17.1. The Morgan fingerprint density at radius 2 is 2.33 bits per heavy atom. The van der Waals surface area contributed by atoms with Gasteiger partial charge in [-0.1, -0.05) is 12.1 Å². The molecule has 1 fully saturated rings. The van der Waals surface area contributed by atoms with Crippen LogP contribution in [-0.4, -0.2) is 35.7 Å². The van der Waals surface area contributed by atoms with Crippen molar-refractivity contribution in [2.75, 3.05) is 19.7 Å². The fraction of sp³-hybridized carbons (Fsp3) is 0.471. The van der Waals surface area contributed by atoms with Gasteiger partial charge in [0, 0.05) is 24.0 Å². The summed E-state index contributed by atoms with van der Waals surface area (Å²) in [6.45, 7) is 5.82. The Morgan fingerprint density at radius 3 is 3.08 bits per heavy atom. The fourth-order valence-corrected chi connectivity index (χ4v) is 2.96. The van der Waals surface area contributed by atoms with Crippen LogP contribution < -0.4 is 0 Å². The van der Waals surface area contributed by atoms with Gasteiger partial charge in [0.15, 0.2) is 5.69 Å². The number of rotatable bonds is 4. The van der Waals surface area contributed by atoms with E-state index >= 15 is 0 Å². The summed E-state index contributed by atoms with van der Waals surface area (Å²) in [5.41, 5.74) is 1.15. The van der Waals surface area contributed by atoms with Gasteiger partial charge in [-0.3, -0.25) is 5.01 Å². The minimum Gasteiger partial charge on any atom is -0.461 e. The lowest BCUT2D eigenvalue weighted by Gasteiger charge is -2.27. The molecule has 24 heavy (non-hydrogen) atoms. The Kier molecular flexibility index (Phi) is 4.78. The molecule has 0 radical (unpaired) electrons. The van der Waals surface area contributed by atoms with Gasteiger partial charge in [-0.25, -0.2) is 9.18 Å². The number of piperidine rings is 1. The number of halogens is 1. The van der Waals surface area contributed by atoms with E-state index in [-0.39, 0.29) is 18.1 Å². The molecule has 128 valence electrons.